The monoisotopic (exact) mass is 182 g/mol. The van der Waals surface area contributed by atoms with E-state index in [1.807, 2.05) is 13.8 Å². The quantitative estimate of drug-likeness (QED) is 0.700. The summed E-state index contributed by atoms with van der Waals surface area (Å²) in [6, 6.07) is 0. The predicted molar refractivity (Wildman–Crippen MR) is 50.4 cm³/mol. The highest BCUT2D eigenvalue weighted by molar-refractivity contribution is 5.39. The highest BCUT2D eigenvalue weighted by Crippen LogP contribution is 2.22. The zero-order chi connectivity index (χ0) is 10.0. The maximum absolute atomic E-state index is 11.3. The molecule has 0 aliphatic heterocycles. The standard InChI is InChI=1S/C10H14O3/c1-5-8-6(2)9(12-4)7(3)10(11)13-8/h5H2,1-4H3. The van der Waals surface area contributed by atoms with E-state index in [2.05, 4.69) is 0 Å². The van der Waals surface area contributed by atoms with E-state index in [0.29, 0.717) is 23.5 Å². The van der Waals surface area contributed by atoms with Crippen LogP contribution in [0.5, 0.6) is 5.75 Å². The Labute approximate surface area is 77.3 Å². The SMILES string of the molecule is CCc1oc(=O)c(C)c(OC)c1C. The molecule has 0 spiro atoms. The van der Waals surface area contributed by atoms with Gasteiger partial charge in [-0.05, 0) is 13.8 Å². The summed E-state index contributed by atoms with van der Waals surface area (Å²) in [4.78, 5) is 11.3. The van der Waals surface area contributed by atoms with E-state index < -0.39 is 0 Å². The van der Waals surface area contributed by atoms with Crippen LogP contribution in [0.2, 0.25) is 0 Å². The minimum Gasteiger partial charge on any atom is -0.496 e. The minimum atomic E-state index is -0.306. The van der Waals surface area contributed by atoms with Crippen LogP contribution in [0.1, 0.15) is 23.8 Å². The van der Waals surface area contributed by atoms with Gasteiger partial charge in [0.05, 0.1) is 12.7 Å². The van der Waals surface area contributed by atoms with Crippen molar-refractivity contribution < 1.29 is 9.15 Å². The van der Waals surface area contributed by atoms with Crippen molar-refractivity contribution in [1.82, 2.24) is 0 Å². The van der Waals surface area contributed by atoms with Crippen LogP contribution >= 0.6 is 0 Å². The molecule has 0 amide bonds. The number of ether oxygens (including phenoxy) is 1. The molecule has 13 heavy (non-hydrogen) atoms. The van der Waals surface area contributed by atoms with E-state index in [4.69, 9.17) is 9.15 Å². The second kappa shape index (κ2) is 3.64. The van der Waals surface area contributed by atoms with Gasteiger partial charge in [0.25, 0.3) is 0 Å². The molecule has 3 nitrogen and oxygen atoms in total. The van der Waals surface area contributed by atoms with Gasteiger partial charge in [0, 0.05) is 12.0 Å². The van der Waals surface area contributed by atoms with Crippen LogP contribution in [-0.4, -0.2) is 7.11 Å². The van der Waals surface area contributed by atoms with Gasteiger partial charge in [-0.15, -0.1) is 0 Å². The average Bonchev–Trinajstić information content (AvgIpc) is 2.12. The van der Waals surface area contributed by atoms with E-state index in [1.54, 1.807) is 14.0 Å². The van der Waals surface area contributed by atoms with Crippen LogP contribution in [0.15, 0.2) is 9.21 Å². The third-order valence-electron chi connectivity index (χ3n) is 2.15. The summed E-state index contributed by atoms with van der Waals surface area (Å²) < 4.78 is 10.2. The summed E-state index contributed by atoms with van der Waals surface area (Å²) in [5.41, 5.74) is 1.15. The largest absolute Gasteiger partial charge is 0.496 e. The van der Waals surface area contributed by atoms with Gasteiger partial charge in [-0.2, -0.15) is 0 Å². The third kappa shape index (κ3) is 1.59. The zero-order valence-electron chi connectivity index (χ0n) is 8.43. The summed E-state index contributed by atoms with van der Waals surface area (Å²) in [6.07, 6.45) is 0.706. The van der Waals surface area contributed by atoms with Crippen molar-refractivity contribution in [3.05, 3.63) is 27.3 Å². The smallest absolute Gasteiger partial charge is 0.342 e. The predicted octanol–water partition coefficient (Wildman–Crippen LogP) is 1.83. The van der Waals surface area contributed by atoms with Crippen LogP contribution in [0.3, 0.4) is 0 Å². The first kappa shape index (κ1) is 9.84. The van der Waals surface area contributed by atoms with E-state index in [9.17, 15) is 4.79 Å². The van der Waals surface area contributed by atoms with Gasteiger partial charge in [0.1, 0.15) is 11.5 Å². The minimum absolute atomic E-state index is 0.306. The van der Waals surface area contributed by atoms with Gasteiger partial charge in [0.2, 0.25) is 0 Å². The van der Waals surface area contributed by atoms with Gasteiger partial charge in [-0.1, -0.05) is 6.92 Å². The third-order valence-corrected chi connectivity index (χ3v) is 2.15. The molecule has 0 aliphatic carbocycles. The Hall–Kier alpha value is -1.25. The van der Waals surface area contributed by atoms with E-state index >= 15 is 0 Å². The van der Waals surface area contributed by atoms with Crippen LogP contribution in [0, 0.1) is 13.8 Å². The lowest BCUT2D eigenvalue weighted by atomic mass is 10.1. The Morgan fingerprint density at radius 3 is 2.38 bits per heavy atom. The molecule has 0 unspecified atom stereocenters. The lowest BCUT2D eigenvalue weighted by molar-refractivity contribution is 0.382. The summed E-state index contributed by atoms with van der Waals surface area (Å²) in [7, 11) is 1.56. The normalized spacial score (nSPS) is 10.2. The lowest BCUT2D eigenvalue weighted by Crippen LogP contribution is -2.09. The van der Waals surface area contributed by atoms with E-state index in [1.165, 1.54) is 0 Å². The Bertz CT molecular complexity index is 363. The number of aryl methyl sites for hydroxylation is 1. The van der Waals surface area contributed by atoms with Crippen LogP contribution in [-0.2, 0) is 6.42 Å². The maximum Gasteiger partial charge on any atom is 0.342 e. The summed E-state index contributed by atoms with van der Waals surface area (Å²) >= 11 is 0. The Balaban J connectivity index is 3.48. The number of hydrogen-bond donors (Lipinski definition) is 0. The van der Waals surface area contributed by atoms with Crippen molar-refractivity contribution in [2.75, 3.05) is 7.11 Å². The van der Waals surface area contributed by atoms with Gasteiger partial charge < -0.3 is 9.15 Å². The van der Waals surface area contributed by atoms with Crippen LogP contribution < -0.4 is 10.4 Å². The maximum atomic E-state index is 11.3. The molecule has 0 aromatic carbocycles. The fourth-order valence-electron chi connectivity index (χ4n) is 1.41. The molecule has 0 saturated carbocycles. The molecule has 0 radical (unpaired) electrons. The molecule has 72 valence electrons. The number of methoxy groups -OCH3 is 1. The summed E-state index contributed by atoms with van der Waals surface area (Å²) in [5, 5.41) is 0. The van der Waals surface area contributed by atoms with Gasteiger partial charge in [-0.3, -0.25) is 0 Å². The van der Waals surface area contributed by atoms with Crippen molar-refractivity contribution in [3.63, 3.8) is 0 Å². The average molecular weight is 182 g/mol. The first-order valence-corrected chi connectivity index (χ1v) is 4.29. The first-order chi connectivity index (χ1) is 6.11. The van der Waals surface area contributed by atoms with Gasteiger partial charge in [0.15, 0.2) is 0 Å². The molecule has 0 aliphatic rings. The Kier molecular flexibility index (Phi) is 2.76. The molecular weight excluding hydrogens is 168 g/mol. The molecule has 0 N–H and O–H groups in total. The number of rotatable bonds is 2. The van der Waals surface area contributed by atoms with E-state index in [0.717, 1.165) is 5.56 Å². The fourth-order valence-corrected chi connectivity index (χ4v) is 1.41. The van der Waals surface area contributed by atoms with E-state index in [-0.39, 0.29) is 5.63 Å². The summed E-state index contributed by atoms with van der Waals surface area (Å²) in [6.45, 7) is 5.55. The first-order valence-electron chi connectivity index (χ1n) is 4.29. The van der Waals surface area contributed by atoms with Crippen LogP contribution in [0.4, 0.5) is 0 Å². The van der Waals surface area contributed by atoms with Crippen LogP contribution in [0.25, 0.3) is 0 Å². The second-order valence-corrected chi connectivity index (χ2v) is 2.95. The second-order valence-electron chi connectivity index (χ2n) is 2.95. The zero-order valence-corrected chi connectivity index (χ0v) is 8.43. The molecule has 0 bridgehead atoms. The molecule has 1 heterocycles. The van der Waals surface area contributed by atoms with Crippen molar-refractivity contribution >= 4 is 0 Å². The molecule has 0 atom stereocenters. The topological polar surface area (TPSA) is 39.4 Å². The lowest BCUT2D eigenvalue weighted by Gasteiger charge is -2.09. The molecular formula is C10H14O3. The molecule has 0 fully saturated rings. The molecule has 1 rings (SSSR count). The molecule has 1 aromatic heterocycles. The molecule has 3 heteroatoms. The van der Waals surface area contributed by atoms with Crippen molar-refractivity contribution in [3.8, 4) is 5.75 Å². The van der Waals surface area contributed by atoms with Crippen molar-refractivity contribution in [2.24, 2.45) is 0 Å². The highest BCUT2D eigenvalue weighted by atomic mass is 16.5. The Morgan fingerprint density at radius 2 is 1.92 bits per heavy atom. The van der Waals surface area contributed by atoms with Crippen molar-refractivity contribution in [2.45, 2.75) is 27.2 Å². The highest BCUT2D eigenvalue weighted by Gasteiger charge is 2.12. The van der Waals surface area contributed by atoms with Gasteiger partial charge >= 0.3 is 5.63 Å². The fraction of sp³-hybridized carbons (Fsp3) is 0.500. The number of hydrogen-bond acceptors (Lipinski definition) is 3. The Morgan fingerprint density at radius 1 is 1.31 bits per heavy atom. The molecule has 1 aromatic rings. The van der Waals surface area contributed by atoms with Gasteiger partial charge in [-0.25, -0.2) is 4.79 Å². The summed E-state index contributed by atoms with van der Waals surface area (Å²) in [5.74, 6) is 1.35. The van der Waals surface area contributed by atoms with Crippen molar-refractivity contribution in [1.29, 1.82) is 0 Å². The molecule has 0 saturated heterocycles.